The van der Waals surface area contributed by atoms with E-state index in [9.17, 15) is 4.79 Å². The predicted octanol–water partition coefficient (Wildman–Crippen LogP) is 1.41. The third-order valence-corrected chi connectivity index (χ3v) is 3.40. The second-order valence-electron chi connectivity index (χ2n) is 3.65. The van der Waals surface area contributed by atoms with Crippen LogP contribution in [0.5, 0.6) is 0 Å². The number of nitrogens with one attached hydrogen (secondary N) is 1. The van der Waals surface area contributed by atoms with E-state index in [4.69, 9.17) is 4.74 Å². The molecule has 1 aromatic heterocycles. The second kappa shape index (κ2) is 3.92. The fourth-order valence-corrected chi connectivity index (χ4v) is 2.33. The molecule has 0 saturated carbocycles. The molecule has 0 aliphatic carbocycles. The van der Waals surface area contributed by atoms with Gasteiger partial charge in [-0.25, -0.2) is 4.98 Å². The number of para-hydroxylation sites is 1. The molecule has 5 heteroatoms. The van der Waals surface area contributed by atoms with Gasteiger partial charge in [-0.2, -0.15) is 0 Å². The smallest absolute Gasteiger partial charge is 0.259 e. The van der Waals surface area contributed by atoms with E-state index in [1.807, 2.05) is 18.2 Å². The zero-order valence-electron chi connectivity index (χ0n) is 8.47. The zero-order valence-corrected chi connectivity index (χ0v) is 9.29. The molecule has 2 heterocycles. The van der Waals surface area contributed by atoms with Crippen molar-refractivity contribution in [3.63, 3.8) is 0 Å². The highest BCUT2D eigenvalue weighted by Crippen LogP contribution is 2.21. The number of epoxide rings is 1. The van der Waals surface area contributed by atoms with Crippen LogP contribution < -0.4 is 5.56 Å². The van der Waals surface area contributed by atoms with Crippen LogP contribution in [-0.2, 0) is 4.74 Å². The third kappa shape index (κ3) is 1.96. The summed E-state index contributed by atoms with van der Waals surface area (Å²) in [6.45, 7) is 0.824. The topological polar surface area (TPSA) is 58.3 Å². The molecule has 82 valence electrons. The van der Waals surface area contributed by atoms with Crippen LogP contribution in [0, 0.1) is 0 Å². The van der Waals surface area contributed by atoms with E-state index in [-0.39, 0.29) is 5.56 Å². The number of thioether (sulfide) groups is 1. The first-order valence-electron chi connectivity index (χ1n) is 5.06. The number of aromatic amines is 1. The van der Waals surface area contributed by atoms with E-state index >= 15 is 0 Å². The lowest BCUT2D eigenvalue weighted by molar-refractivity contribution is 0.426. The Kier molecular flexibility index (Phi) is 2.41. The minimum absolute atomic E-state index is 0.0789. The summed E-state index contributed by atoms with van der Waals surface area (Å²) >= 11 is 1.53. The SMILES string of the molecule is O=c1[nH]c(SCC2CO2)nc2ccccc12. The Bertz CT molecular complexity index is 577. The van der Waals surface area contributed by atoms with Crippen molar-refractivity contribution in [2.24, 2.45) is 0 Å². The molecule has 4 nitrogen and oxygen atoms in total. The lowest BCUT2D eigenvalue weighted by Crippen LogP contribution is -2.09. The summed E-state index contributed by atoms with van der Waals surface area (Å²) in [4.78, 5) is 18.9. The van der Waals surface area contributed by atoms with Crippen LogP contribution in [0.15, 0.2) is 34.2 Å². The highest BCUT2D eigenvalue weighted by molar-refractivity contribution is 7.99. The van der Waals surface area contributed by atoms with Crippen LogP contribution in [0.4, 0.5) is 0 Å². The standard InChI is InChI=1S/C11H10N2O2S/c14-10-8-3-1-2-4-9(8)12-11(13-10)16-6-7-5-15-7/h1-4,7H,5-6H2,(H,12,13,14). The molecule has 2 aromatic rings. The highest BCUT2D eigenvalue weighted by atomic mass is 32.2. The van der Waals surface area contributed by atoms with Gasteiger partial charge < -0.3 is 9.72 Å². The maximum Gasteiger partial charge on any atom is 0.259 e. The van der Waals surface area contributed by atoms with Gasteiger partial charge in [0.1, 0.15) is 0 Å². The van der Waals surface area contributed by atoms with Crippen molar-refractivity contribution in [1.29, 1.82) is 0 Å². The molecular weight excluding hydrogens is 224 g/mol. The van der Waals surface area contributed by atoms with Crippen LogP contribution in [0.25, 0.3) is 10.9 Å². The molecule has 0 spiro atoms. The molecule has 0 amide bonds. The average Bonchev–Trinajstić information content (AvgIpc) is 3.10. The van der Waals surface area contributed by atoms with Crippen LogP contribution in [0.1, 0.15) is 0 Å². The molecule has 0 bridgehead atoms. The van der Waals surface area contributed by atoms with Gasteiger partial charge in [0.25, 0.3) is 5.56 Å². The van der Waals surface area contributed by atoms with Gasteiger partial charge in [0.2, 0.25) is 0 Å². The number of benzene rings is 1. The number of hydrogen-bond donors (Lipinski definition) is 1. The van der Waals surface area contributed by atoms with Crippen LogP contribution in [0.2, 0.25) is 0 Å². The first-order valence-corrected chi connectivity index (χ1v) is 6.05. The van der Waals surface area contributed by atoms with Crippen molar-refractivity contribution in [3.8, 4) is 0 Å². The molecular formula is C11H10N2O2S. The van der Waals surface area contributed by atoms with Gasteiger partial charge in [0, 0.05) is 5.75 Å². The van der Waals surface area contributed by atoms with Crippen molar-refractivity contribution in [3.05, 3.63) is 34.6 Å². The average molecular weight is 234 g/mol. The van der Waals surface area contributed by atoms with Crippen LogP contribution in [0.3, 0.4) is 0 Å². The summed E-state index contributed by atoms with van der Waals surface area (Å²) in [5.41, 5.74) is 0.662. The van der Waals surface area contributed by atoms with Crippen molar-refractivity contribution >= 4 is 22.7 Å². The summed E-state index contributed by atoms with van der Waals surface area (Å²) < 4.78 is 5.11. The lowest BCUT2D eigenvalue weighted by Gasteiger charge is -2.00. The van der Waals surface area contributed by atoms with E-state index in [0.29, 0.717) is 16.6 Å². The summed E-state index contributed by atoms with van der Waals surface area (Å²) in [7, 11) is 0. The number of nitrogens with zero attached hydrogens (tertiary/aromatic N) is 1. The monoisotopic (exact) mass is 234 g/mol. The predicted molar refractivity (Wildman–Crippen MR) is 62.8 cm³/mol. The number of H-pyrrole nitrogens is 1. The lowest BCUT2D eigenvalue weighted by atomic mass is 10.2. The first kappa shape index (κ1) is 9.86. The van der Waals surface area contributed by atoms with Gasteiger partial charge in [0.05, 0.1) is 23.6 Å². The van der Waals surface area contributed by atoms with Crippen molar-refractivity contribution in [1.82, 2.24) is 9.97 Å². The van der Waals surface area contributed by atoms with Gasteiger partial charge in [-0.1, -0.05) is 23.9 Å². The van der Waals surface area contributed by atoms with Crippen molar-refractivity contribution in [2.75, 3.05) is 12.4 Å². The van der Waals surface area contributed by atoms with Crippen LogP contribution >= 0.6 is 11.8 Å². The highest BCUT2D eigenvalue weighted by Gasteiger charge is 2.22. The van der Waals surface area contributed by atoms with Gasteiger partial charge in [0.15, 0.2) is 5.16 Å². The number of ether oxygens (including phenoxy) is 1. The largest absolute Gasteiger partial charge is 0.372 e. The maximum absolute atomic E-state index is 11.7. The molecule has 0 radical (unpaired) electrons. The molecule has 16 heavy (non-hydrogen) atoms. The number of fused-ring (bicyclic) bond motifs is 1. The Balaban J connectivity index is 1.96. The minimum atomic E-state index is -0.0789. The van der Waals surface area contributed by atoms with Gasteiger partial charge in [-0.05, 0) is 12.1 Å². The molecule has 1 fully saturated rings. The fourth-order valence-electron chi connectivity index (χ4n) is 1.47. The Morgan fingerprint density at radius 2 is 2.31 bits per heavy atom. The quantitative estimate of drug-likeness (QED) is 0.495. The Labute approximate surface area is 96.0 Å². The van der Waals surface area contributed by atoms with E-state index in [1.54, 1.807) is 6.07 Å². The second-order valence-corrected chi connectivity index (χ2v) is 4.66. The van der Waals surface area contributed by atoms with Crippen molar-refractivity contribution < 1.29 is 4.74 Å². The van der Waals surface area contributed by atoms with E-state index in [2.05, 4.69) is 9.97 Å². The minimum Gasteiger partial charge on any atom is -0.372 e. The van der Waals surface area contributed by atoms with Crippen LogP contribution in [-0.4, -0.2) is 28.4 Å². The van der Waals surface area contributed by atoms with Crippen molar-refractivity contribution in [2.45, 2.75) is 11.3 Å². The van der Waals surface area contributed by atoms with E-state index in [0.717, 1.165) is 17.9 Å². The van der Waals surface area contributed by atoms with Gasteiger partial charge >= 0.3 is 0 Å². The van der Waals surface area contributed by atoms with E-state index < -0.39 is 0 Å². The molecule has 3 rings (SSSR count). The normalized spacial score (nSPS) is 18.9. The first-order chi connectivity index (χ1) is 7.83. The molecule has 1 aromatic carbocycles. The van der Waals surface area contributed by atoms with Gasteiger partial charge in [-0.15, -0.1) is 0 Å². The molecule has 1 saturated heterocycles. The molecule has 1 unspecified atom stereocenters. The van der Waals surface area contributed by atoms with E-state index in [1.165, 1.54) is 11.8 Å². The Hall–Kier alpha value is -1.33. The molecule has 1 N–H and O–H groups in total. The summed E-state index contributed by atoms with van der Waals surface area (Å²) in [6, 6.07) is 7.35. The maximum atomic E-state index is 11.7. The summed E-state index contributed by atoms with van der Waals surface area (Å²) in [6.07, 6.45) is 0.335. The molecule has 1 atom stereocenters. The summed E-state index contributed by atoms with van der Waals surface area (Å²) in [5.74, 6) is 0.848. The number of aromatic nitrogens is 2. The van der Waals surface area contributed by atoms with Gasteiger partial charge in [-0.3, -0.25) is 4.79 Å². The zero-order chi connectivity index (χ0) is 11.0. The summed E-state index contributed by atoms with van der Waals surface area (Å²) in [5, 5.41) is 1.30. The third-order valence-electron chi connectivity index (χ3n) is 2.40. The Morgan fingerprint density at radius 1 is 1.50 bits per heavy atom. The Morgan fingerprint density at radius 3 is 3.12 bits per heavy atom. The molecule has 1 aliphatic heterocycles. The molecule has 1 aliphatic rings. The number of hydrogen-bond acceptors (Lipinski definition) is 4. The number of rotatable bonds is 3. The fraction of sp³-hybridized carbons (Fsp3) is 0.273.